The van der Waals surface area contributed by atoms with Crippen molar-refractivity contribution in [2.24, 2.45) is 4.99 Å². The van der Waals surface area contributed by atoms with Crippen molar-refractivity contribution >= 4 is 78.3 Å². The van der Waals surface area contributed by atoms with Crippen molar-refractivity contribution in [1.29, 1.82) is 0 Å². The Kier molecular flexibility index (Phi) is 7.13. The number of nitrogens with one attached hydrogen (secondary N) is 1. The maximum Gasteiger partial charge on any atom is 0.0630 e. The van der Waals surface area contributed by atoms with Crippen LogP contribution in [0.4, 0.5) is 11.4 Å². The van der Waals surface area contributed by atoms with Gasteiger partial charge < -0.3 is 5.32 Å². The minimum absolute atomic E-state index is 0.502. The van der Waals surface area contributed by atoms with Crippen LogP contribution in [0.25, 0.3) is 5.70 Å². The molecule has 27 heavy (non-hydrogen) atoms. The van der Waals surface area contributed by atoms with Gasteiger partial charge in [-0.25, -0.2) is 0 Å². The summed E-state index contributed by atoms with van der Waals surface area (Å²) in [5, 5.41) is 4.43. The fraction of sp³-hybridized carbons (Fsp3) is 0. The first-order valence-electron chi connectivity index (χ1n) is 7.99. The number of allylic oxidation sites excluding steroid dienone is 1. The molecule has 0 spiro atoms. The van der Waals surface area contributed by atoms with Crippen LogP contribution in [0.2, 0.25) is 10.0 Å². The van der Waals surface area contributed by atoms with Gasteiger partial charge in [-0.1, -0.05) is 61.1 Å². The van der Waals surface area contributed by atoms with Crippen LogP contribution in [0.1, 0.15) is 5.56 Å². The molecule has 6 heteroatoms. The topological polar surface area (TPSA) is 24.4 Å². The highest BCUT2D eigenvalue weighted by molar-refractivity contribution is 9.10. The number of hydrogen-bond acceptors (Lipinski definition) is 2. The molecule has 0 saturated heterocycles. The van der Waals surface area contributed by atoms with Crippen LogP contribution in [0.15, 0.2) is 86.7 Å². The van der Waals surface area contributed by atoms with Crippen molar-refractivity contribution in [3.8, 4) is 0 Å². The second-order valence-corrected chi connectivity index (χ2v) is 8.24. The van der Waals surface area contributed by atoms with Crippen molar-refractivity contribution in [3.63, 3.8) is 0 Å². The molecule has 0 aliphatic rings. The van der Waals surface area contributed by atoms with Gasteiger partial charge >= 0.3 is 0 Å². The Morgan fingerprint density at radius 3 is 2.07 bits per heavy atom. The van der Waals surface area contributed by atoms with Crippen LogP contribution in [-0.4, -0.2) is 6.21 Å². The summed E-state index contributed by atoms with van der Waals surface area (Å²) in [6, 6.07) is 21.2. The number of benzene rings is 3. The quantitative estimate of drug-likeness (QED) is 0.333. The molecular weight excluding hydrogens is 511 g/mol. The van der Waals surface area contributed by atoms with E-state index in [4.69, 9.17) is 23.2 Å². The molecule has 0 aliphatic heterocycles. The average molecular weight is 525 g/mol. The van der Waals surface area contributed by atoms with Crippen LogP contribution in [0.5, 0.6) is 0 Å². The summed E-state index contributed by atoms with van der Waals surface area (Å²) in [5.41, 5.74) is 3.59. The summed E-state index contributed by atoms with van der Waals surface area (Å²) in [7, 11) is 0. The minimum Gasteiger partial charge on any atom is -0.355 e. The van der Waals surface area contributed by atoms with Gasteiger partial charge in [-0.05, 0) is 72.3 Å². The van der Waals surface area contributed by atoms with E-state index < -0.39 is 0 Å². The lowest BCUT2D eigenvalue weighted by Crippen LogP contribution is -1.99. The Morgan fingerprint density at radius 2 is 1.44 bits per heavy atom. The molecule has 3 aromatic rings. The molecule has 3 rings (SSSR count). The smallest absolute Gasteiger partial charge is 0.0630 e. The lowest BCUT2D eigenvalue weighted by atomic mass is 10.1. The first-order valence-corrected chi connectivity index (χ1v) is 10.3. The fourth-order valence-corrected chi connectivity index (χ4v) is 3.11. The van der Waals surface area contributed by atoms with E-state index >= 15 is 0 Å². The zero-order chi connectivity index (χ0) is 19.2. The summed E-state index contributed by atoms with van der Waals surface area (Å²) >= 11 is 19.1. The van der Waals surface area contributed by atoms with Gasteiger partial charge in [-0.3, -0.25) is 4.99 Å². The van der Waals surface area contributed by atoms with Crippen molar-refractivity contribution in [3.05, 3.63) is 97.4 Å². The average Bonchev–Trinajstić information content (AvgIpc) is 2.66. The minimum atomic E-state index is 0.502. The van der Waals surface area contributed by atoms with Crippen LogP contribution in [0, 0.1) is 0 Å². The molecule has 1 N–H and O–H groups in total. The van der Waals surface area contributed by atoms with Gasteiger partial charge in [0, 0.05) is 26.5 Å². The summed E-state index contributed by atoms with van der Waals surface area (Å²) in [6.45, 7) is 0. The predicted octanol–water partition coefficient (Wildman–Crippen LogP) is 8.37. The molecule has 136 valence electrons. The molecule has 0 atom stereocenters. The van der Waals surface area contributed by atoms with E-state index in [1.807, 2.05) is 66.7 Å². The zero-order valence-corrected chi connectivity index (χ0v) is 18.6. The molecule has 0 amide bonds. The highest BCUT2D eigenvalue weighted by Gasteiger charge is 2.05. The SMILES string of the molecule is Clc1ccc(C(=CC=Nc2ccc(Br)cc2)Nc2ccc(Br)cc2)cc1Cl. The second-order valence-electron chi connectivity index (χ2n) is 5.60. The van der Waals surface area contributed by atoms with E-state index in [0.29, 0.717) is 10.0 Å². The third kappa shape index (κ3) is 5.94. The van der Waals surface area contributed by atoms with E-state index in [1.165, 1.54) is 0 Å². The third-order valence-corrected chi connectivity index (χ3v) is 5.44. The van der Waals surface area contributed by atoms with Crippen LogP contribution >= 0.6 is 55.1 Å². The summed E-state index contributed by atoms with van der Waals surface area (Å²) < 4.78 is 2.04. The number of nitrogens with zero attached hydrogens (tertiary/aromatic N) is 1. The van der Waals surface area contributed by atoms with Gasteiger partial charge in [0.2, 0.25) is 0 Å². The van der Waals surface area contributed by atoms with Crippen molar-refractivity contribution in [1.82, 2.24) is 0 Å². The molecule has 0 aromatic heterocycles. The highest BCUT2D eigenvalue weighted by atomic mass is 79.9. The van der Waals surface area contributed by atoms with Crippen molar-refractivity contribution in [2.75, 3.05) is 5.32 Å². The monoisotopic (exact) mass is 522 g/mol. The molecular formula is C21H14Br2Cl2N2. The van der Waals surface area contributed by atoms with E-state index in [0.717, 1.165) is 31.6 Å². The molecule has 0 unspecified atom stereocenters. The number of halogens is 4. The Morgan fingerprint density at radius 1 is 0.815 bits per heavy atom. The molecule has 0 heterocycles. The lowest BCUT2D eigenvalue weighted by Gasteiger charge is -2.12. The van der Waals surface area contributed by atoms with Gasteiger partial charge in [-0.15, -0.1) is 0 Å². The van der Waals surface area contributed by atoms with Crippen molar-refractivity contribution in [2.45, 2.75) is 0 Å². The Bertz CT molecular complexity index is 982. The van der Waals surface area contributed by atoms with Gasteiger partial charge in [0.15, 0.2) is 0 Å². The number of rotatable bonds is 5. The number of hydrogen-bond donors (Lipinski definition) is 1. The van der Waals surface area contributed by atoms with E-state index in [9.17, 15) is 0 Å². The maximum atomic E-state index is 6.20. The van der Waals surface area contributed by atoms with Crippen LogP contribution < -0.4 is 5.32 Å². The van der Waals surface area contributed by atoms with Crippen molar-refractivity contribution < 1.29 is 0 Å². The maximum absolute atomic E-state index is 6.20. The van der Waals surface area contributed by atoms with Gasteiger partial charge in [0.25, 0.3) is 0 Å². The molecule has 0 saturated carbocycles. The molecule has 0 aliphatic carbocycles. The number of anilines is 1. The molecule has 3 aromatic carbocycles. The summed E-state index contributed by atoms with van der Waals surface area (Å²) in [6.07, 6.45) is 3.66. The van der Waals surface area contributed by atoms with Gasteiger partial charge in [0.1, 0.15) is 0 Å². The second kappa shape index (κ2) is 9.56. The van der Waals surface area contributed by atoms with Crippen LogP contribution in [-0.2, 0) is 0 Å². The van der Waals surface area contributed by atoms with E-state index in [-0.39, 0.29) is 0 Å². The van der Waals surface area contributed by atoms with E-state index in [2.05, 4.69) is 42.2 Å². The molecule has 0 radical (unpaired) electrons. The third-order valence-electron chi connectivity index (χ3n) is 3.65. The Balaban J connectivity index is 1.91. The zero-order valence-electron chi connectivity index (χ0n) is 14.0. The highest BCUT2D eigenvalue weighted by Crippen LogP contribution is 2.27. The molecule has 0 fully saturated rings. The van der Waals surface area contributed by atoms with E-state index in [1.54, 1.807) is 12.3 Å². The standard InChI is InChI=1S/C21H14Br2Cl2N2/c22-15-2-6-17(7-3-15)26-12-11-21(14-1-10-19(24)20(25)13-14)27-18-8-4-16(23)5-9-18/h1-13,27H. The Labute approximate surface area is 185 Å². The molecule has 0 bridgehead atoms. The Hall–Kier alpha value is -1.59. The summed E-state index contributed by atoms with van der Waals surface area (Å²) in [4.78, 5) is 4.48. The largest absolute Gasteiger partial charge is 0.355 e. The van der Waals surface area contributed by atoms with Gasteiger partial charge in [0.05, 0.1) is 15.7 Å². The first-order chi connectivity index (χ1) is 13.0. The predicted molar refractivity (Wildman–Crippen MR) is 124 cm³/mol. The number of aliphatic imine (C=N–C) groups is 1. The first kappa shape index (κ1) is 20.2. The lowest BCUT2D eigenvalue weighted by molar-refractivity contribution is 1.51. The van der Waals surface area contributed by atoms with Gasteiger partial charge in [-0.2, -0.15) is 0 Å². The van der Waals surface area contributed by atoms with Crippen LogP contribution in [0.3, 0.4) is 0 Å². The molecule has 2 nitrogen and oxygen atoms in total. The normalized spacial score (nSPS) is 11.8. The summed E-state index contributed by atoms with van der Waals surface area (Å²) in [5.74, 6) is 0. The fourth-order valence-electron chi connectivity index (χ4n) is 2.29.